The molecule has 0 saturated carbocycles. The lowest BCUT2D eigenvalue weighted by Crippen LogP contribution is -2.21. The van der Waals surface area contributed by atoms with Crippen LogP contribution in [0.15, 0.2) is 36.4 Å². The second kappa shape index (κ2) is 4.33. The van der Waals surface area contributed by atoms with E-state index in [0.29, 0.717) is 6.04 Å². The van der Waals surface area contributed by atoms with E-state index in [0.717, 1.165) is 30.0 Å². The highest BCUT2D eigenvalue weighted by atomic mass is 15.0. The van der Waals surface area contributed by atoms with E-state index >= 15 is 0 Å². The first kappa shape index (κ1) is 11.1. The fraction of sp³-hybridized carbons (Fsp3) is 0.267. The fourth-order valence-corrected chi connectivity index (χ4v) is 2.54. The van der Waals surface area contributed by atoms with Crippen molar-refractivity contribution in [2.24, 2.45) is 0 Å². The third kappa shape index (κ3) is 2.04. The van der Waals surface area contributed by atoms with Crippen LogP contribution >= 0.6 is 0 Å². The van der Waals surface area contributed by atoms with E-state index in [9.17, 15) is 0 Å². The van der Waals surface area contributed by atoms with E-state index in [2.05, 4.69) is 34.6 Å². The quantitative estimate of drug-likeness (QED) is 0.846. The molecule has 18 heavy (non-hydrogen) atoms. The van der Waals surface area contributed by atoms with Crippen LogP contribution in [-0.2, 0) is 12.8 Å². The predicted molar refractivity (Wildman–Crippen MR) is 74.6 cm³/mol. The van der Waals surface area contributed by atoms with Crippen LogP contribution in [0, 0.1) is 6.92 Å². The molecule has 92 valence electrons. The lowest BCUT2D eigenvalue weighted by Gasteiger charge is -2.14. The molecule has 1 heterocycles. The lowest BCUT2D eigenvalue weighted by molar-refractivity contribution is 0.768. The Kier molecular flexibility index (Phi) is 2.67. The molecule has 0 saturated heterocycles. The summed E-state index contributed by atoms with van der Waals surface area (Å²) in [5.41, 5.74) is 10.5. The Labute approximate surface area is 107 Å². The van der Waals surface area contributed by atoms with Gasteiger partial charge in [-0.25, -0.2) is 4.98 Å². The number of rotatable bonds is 2. The summed E-state index contributed by atoms with van der Waals surface area (Å²) in [4.78, 5) is 4.46. The highest BCUT2D eigenvalue weighted by Crippen LogP contribution is 2.25. The summed E-state index contributed by atoms with van der Waals surface area (Å²) in [6.07, 6.45) is 2.09. The topological polar surface area (TPSA) is 50.9 Å². The Bertz CT molecular complexity index is 553. The Hall–Kier alpha value is -2.03. The van der Waals surface area contributed by atoms with Gasteiger partial charge in [-0.3, -0.25) is 0 Å². The van der Waals surface area contributed by atoms with Crippen molar-refractivity contribution in [3.8, 4) is 0 Å². The minimum Gasteiger partial charge on any atom is -0.396 e. The summed E-state index contributed by atoms with van der Waals surface area (Å²) in [5.74, 6) is 0.813. The summed E-state index contributed by atoms with van der Waals surface area (Å²) < 4.78 is 0. The molecule has 2 aromatic rings. The standard InChI is InChI=1S/C15H17N3/c1-10-6-7-14(16)15(17-10)18-13-8-11-4-2-3-5-12(11)9-13/h2-7,13H,8-9,16H2,1H3,(H,17,18). The van der Waals surface area contributed by atoms with Crippen LogP contribution in [0.5, 0.6) is 0 Å². The van der Waals surface area contributed by atoms with Crippen LogP contribution in [0.25, 0.3) is 0 Å². The largest absolute Gasteiger partial charge is 0.396 e. The number of aryl methyl sites for hydroxylation is 1. The molecular weight excluding hydrogens is 222 g/mol. The highest BCUT2D eigenvalue weighted by molar-refractivity contribution is 5.62. The average molecular weight is 239 g/mol. The van der Waals surface area contributed by atoms with Crippen molar-refractivity contribution < 1.29 is 0 Å². The number of fused-ring (bicyclic) bond motifs is 1. The molecule has 0 unspecified atom stereocenters. The van der Waals surface area contributed by atoms with E-state index in [1.54, 1.807) is 0 Å². The number of nitrogen functional groups attached to an aromatic ring is 1. The van der Waals surface area contributed by atoms with Gasteiger partial charge in [-0.15, -0.1) is 0 Å². The number of pyridine rings is 1. The molecule has 0 amide bonds. The number of benzene rings is 1. The van der Waals surface area contributed by atoms with Gasteiger partial charge in [0.1, 0.15) is 5.82 Å². The number of nitrogens with two attached hydrogens (primary N) is 1. The zero-order chi connectivity index (χ0) is 12.5. The number of nitrogens with one attached hydrogen (secondary N) is 1. The molecule has 3 heteroatoms. The zero-order valence-corrected chi connectivity index (χ0v) is 10.5. The third-order valence-corrected chi connectivity index (χ3v) is 3.46. The van der Waals surface area contributed by atoms with E-state index in [-0.39, 0.29) is 0 Å². The number of hydrogen-bond donors (Lipinski definition) is 2. The second-order valence-corrected chi connectivity index (χ2v) is 4.91. The predicted octanol–water partition coefficient (Wildman–Crippen LogP) is 2.55. The minimum absolute atomic E-state index is 0.402. The highest BCUT2D eigenvalue weighted by Gasteiger charge is 2.21. The molecule has 1 aromatic heterocycles. The molecule has 0 atom stereocenters. The van der Waals surface area contributed by atoms with Gasteiger partial charge in [0, 0.05) is 11.7 Å². The van der Waals surface area contributed by atoms with E-state index < -0.39 is 0 Å². The number of nitrogens with zero attached hydrogens (tertiary/aromatic N) is 1. The van der Waals surface area contributed by atoms with Crippen LogP contribution in [-0.4, -0.2) is 11.0 Å². The molecule has 1 aliphatic rings. The van der Waals surface area contributed by atoms with E-state index in [1.807, 2.05) is 19.1 Å². The van der Waals surface area contributed by atoms with Gasteiger partial charge in [-0.1, -0.05) is 24.3 Å². The Morgan fingerprint density at radius 3 is 2.44 bits per heavy atom. The number of aromatic nitrogens is 1. The average Bonchev–Trinajstić information content (AvgIpc) is 2.76. The zero-order valence-electron chi connectivity index (χ0n) is 10.5. The maximum Gasteiger partial charge on any atom is 0.149 e. The number of hydrogen-bond acceptors (Lipinski definition) is 3. The van der Waals surface area contributed by atoms with Gasteiger partial charge in [-0.05, 0) is 43.0 Å². The molecule has 3 rings (SSSR count). The molecule has 0 spiro atoms. The van der Waals surface area contributed by atoms with E-state index in [4.69, 9.17) is 5.73 Å². The van der Waals surface area contributed by atoms with Crippen LogP contribution in [0.2, 0.25) is 0 Å². The molecular formula is C15H17N3. The summed E-state index contributed by atoms with van der Waals surface area (Å²) in [6.45, 7) is 1.98. The van der Waals surface area contributed by atoms with Crippen LogP contribution in [0.1, 0.15) is 16.8 Å². The summed E-state index contributed by atoms with van der Waals surface area (Å²) in [6, 6.07) is 12.8. The monoisotopic (exact) mass is 239 g/mol. The summed E-state index contributed by atoms with van der Waals surface area (Å²) in [7, 11) is 0. The molecule has 0 aliphatic heterocycles. The maximum atomic E-state index is 5.95. The first-order valence-corrected chi connectivity index (χ1v) is 6.29. The van der Waals surface area contributed by atoms with Gasteiger partial charge in [0.2, 0.25) is 0 Å². The maximum absolute atomic E-state index is 5.95. The van der Waals surface area contributed by atoms with Gasteiger partial charge < -0.3 is 11.1 Å². The van der Waals surface area contributed by atoms with Crippen molar-refractivity contribution in [2.45, 2.75) is 25.8 Å². The van der Waals surface area contributed by atoms with Crippen molar-refractivity contribution in [2.75, 3.05) is 11.1 Å². The summed E-state index contributed by atoms with van der Waals surface area (Å²) >= 11 is 0. The molecule has 1 aromatic carbocycles. The SMILES string of the molecule is Cc1ccc(N)c(NC2Cc3ccccc3C2)n1. The van der Waals surface area contributed by atoms with Crippen LogP contribution in [0.4, 0.5) is 11.5 Å². The Balaban J connectivity index is 1.78. The van der Waals surface area contributed by atoms with Crippen molar-refractivity contribution in [1.29, 1.82) is 0 Å². The smallest absolute Gasteiger partial charge is 0.149 e. The van der Waals surface area contributed by atoms with Crippen molar-refractivity contribution >= 4 is 11.5 Å². The van der Waals surface area contributed by atoms with Gasteiger partial charge in [-0.2, -0.15) is 0 Å². The molecule has 0 fully saturated rings. The molecule has 0 bridgehead atoms. The van der Waals surface area contributed by atoms with Crippen molar-refractivity contribution in [3.63, 3.8) is 0 Å². The van der Waals surface area contributed by atoms with Crippen LogP contribution < -0.4 is 11.1 Å². The van der Waals surface area contributed by atoms with Crippen molar-refractivity contribution in [1.82, 2.24) is 4.98 Å². The van der Waals surface area contributed by atoms with Crippen molar-refractivity contribution in [3.05, 3.63) is 53.2 Å². The third-order valence-electron chi connectivity index (χ3n) is 3.46. The van der Waals surface area contributed by atoms with Gasteiger partial charge in [0.15, 0.2) is 0 Å². The minimum atomic E-state index is 0.402. The van der Waals surface area contributed by atoms with Gasteiger partial charge in [0.25, 0.3) is 0 Å². The van der Waals surface area contributed by atoms with Crippen LogP contribution in [0.3, 0.4) is 0 Å². The fourth-order valence-electron chi connectivity index (χ4n) is 2.54. The normalized spacial score (nSPS) is 14.5. The Morgan fingerprint density at radius 2 is 1.78 bits per heavy atom. The van der Waals surface area contributed by atoms with E-state index in [1.165, 1.54) is 11.1 Å². The molecule has 3 N–H and O–H groups in total. The van der Waals surface area contributed by atoms with Gasteiger partial charge >= 0.3 is 0 Å². The number of anilines is 2. The second-order valence-electron chi connectivity index (χ2n) is 4.91. The molecule has 0 radical (unpaired) electrons. The lowest BCUT2D eigenvalue weighted by atomic mass is 10.1. The molecule has 1 aliphatic carbocycles. The Morgan fingerprint density at radius 1 is 1.11 bits per heavy atom. The van der Waals surface area contributed by atoms with Gasteiger partial charge in [0.05, 0.1) is 5.69 Å². The molecule has 3 nitrogen and oxygen atoms in total. The summed E-state index contributed by atoms with van der Waals surface area (Å²) in [5, 5.41) is 3.46. The first-order valence-electron chi connectivity index (χ1n) is 6.29. The first-order chi connectivity index (χ1) is 8.72.